The Morgan fingerprint density at radius 1 is 1.18 bits per heavy atom. The van der Waals surface area contributed by atoms with Crippen LogP contribution in [0.5, 0.6) is 0 Å². The summed E-state index contributed by atoms with van der Waals surface area (Å²) in [5.74, 6) is 0.0743. The number of carbonyl (C=O) groups is 2. The van der Waals surface area contributed by atoms with Crippen molar-refractivity contribution < 1.29 is 9.59 Å². The summed E-state index contributed by atoms with van der Waals surface area (Å²) < 4.78 is 0. The van der Waals surface area contributed by atoms with Gasteiger partial charge in [0.2, 0.25) is 5.91 Å². The molecule has 0 radical (unpaired) electrons. The van der Waals surface area contributed by atoms with Crippen LogP contribution < -0.4 is 16.0 Å². The minimum Gasteiger partial charge on any atom is -0.335 e. The van der Waals surface area contributed by atoms with E-state index in [0.29, 0.717) is 19.0 Å². The molecule has 3 amide bonds. The number of hydrogen-bond donors (Lipinski definition) is 3. The van der Waals surface area contributed by atoms with Crippen LogP contribution in [-0.2, 0) is 17.8 Å². The van der Waals surface area contributed by atoms with Crippen LogP contribution in [0.15, 0.2) is 18.2 Å². The molecule has 0 atom stereocenters. The first-order valence-electron chi connectivity index (χ1n) is 8.17. The van der Waals surface area contributed by atoms with Gasteiger partial charge in [-0.2, -0.15) is 0 Å². The van der Waals surface area contributed by atoms with Crippen LogP contribution in [0.4, 0.5) is 10.5 Å². The third-order valence-corrected chi connectivity index (χ3v) is 4.46. The minimum atomic E-state index is -0.0853. The Hall–Kier alpha value is -2.04. The lowest BCUT2D eigenvalue weighted by Gasteiger charge is -2.23. The van der Waals surface area contributed by atoms with Gasteiger partial charge in [-0.3, -0.25) is 4.79 Å². The van der Waals surface area contributed by atoms with Gasteiger partial charge in [0.05, 0.1) is 0 Å². The van der Waals surface area contributed by atoms with E-state index in [4.69, 9.17) is 0 Å². The molecule has 0 spiro atoms. The maximum absolute atomic E-state index is 11.9. The summed E-state index contributed by atoms with van der Waals surface area (Å²) >= 11 is 0. The standard InChI is InChI=1S/C17H23N3O2/c21-16-9-7-13-10-12(6-8-15(13)20-16)11-18-17(22)19-14-4-2-1-3-5-14/h6,8,10,14H,1-5,7,9,11H2,(H,20,21)(H2,18,19,22). The number of fused-ring (bicyclic) bond motifs is 1. The minimum absolute atomic E-state index is 0.0743. The first-order valence-corrected chi connectivity index (χ1v) is 8.17. The molecule has 1 saturated carbocycles. The van der Waals surface area contributed by atoms with Gasteiger partial charge in [0, 0.05) is 24.7 Å². The van der Waals surface area contributed by atoms with E-state index in [1.54, 1.807) is 0 Å². The largest absolute Gasteiger partial charge is 0.335 e. The molecule has 1 fully saturated rings. The Labute approximate surface area is 130 Å². The number of nitrogens with one attached hydrogen (secondary N) is 3. The van der Waals surface area contributed by atoms with E-state index in [9.17, 15) is 9.59 Å². The van der Waals surface area contributed by atoms with Gasteiger partial charge in [-0.15, -0.1) is 0 Å². The summed E-state index contributed by atoms with van der Waals surface area (Å²) in [5.41, 5.74) is 3.10. The van der Waals surface area contributed by atoms with E-state index < -0.39 is 0 Å². The first kappa shape index (κ1) is 14.9. The molecule has 22 heavy (non-hydrogen) atoms. The summed E-state index contributed by atoms with van der Waals surface area (Å²) in [6.07, 6.45) is 7.18. The van der Waals surface area contributed by atoms with Gasteiger partial charge < -0.3 is 16.0 Å². The third-order valence-electron chi connectivity index (χ3n) is 4.46. The molecule has 1 heterocycles. The Bertz CT molecular complexity index is 565. The second-order valence-electron chi connectivity index (χ2n) is 6.20. The van der Waals surface area contributed by atoms with Crippen LogP contribution >= 0.6 is 0 Å². The molecular weight excluding hydrogens is 278 g/mol. The average molecular weight is 301 g/mol. The normalized spacial score (nSPS) is 18.3. The fraction of sp³-hybridized carbons (Fsp3) is 0.529. The molecule has 5 nitrogen and oxygen atoms in total. The summed E-state index contributed by atoms with van der Waals surface area (Å²) in [6, 6.07) is 6.18. The number of rotatable bonds is 3. The van der Waals surface area contributed by atoms with E-state index in [1.165, 1.54) is 19.3 Å². The Balaban J connectivity index is 1.50. The monoisotopic (exact) mass is 301 g/mol. The zero-order valence-corrected chi connectivity index (χ0v) is 12.8. The maximum Gasteiger partial charge on any atom is 0.315 e. The molecule has 5 heteroatoms. The van der Waals surface area contributed by atoms with E-state index in [0.717, 1.165) is 36.1 Å². The molecule has 0 unspecified atom stereocenters. The lowest BCUT2D eigenvalue weighted by molar-refractivity contribution is -0.116. The van der Waals surface area contributed by atoms with Crippen molar-refractivity contribution in [2.75, 3.05) is 5.32 Å². The van der Waals surface area contributed by atoms with Crippen molar-refractivity contribution in [2.24, 2.45) is 0 Å². The van der Waals surface area contributed by atoms with Crippen LogP contribution in [-0.4, -0.2) is 18.0 Å². The van der Waals surface area contributed by atoms with Gasteiger partial charge in [-0.05, 0) is 36.5 Å². The molecule has 3 rings (SSSR count). The molecule has 118 valence electrons. The highest BCUT2D eigenvalue weighted by atomic mass is 16.2. The van der Waals surface area contributed by atoms with Crippen LogP contribution in [0.3, 0.4) is 0 Å². The number of anilines is 1. The quantitative estimate of drug-likeness (QED) is 0.803. The Morgan fingerprint density at radius 3 is 2.82 bits per heavy atom. The average Bonchev–Trinajstić information content (AvgIpc) is 2.54. The van der Waals surface area contributed by atoms with Gasteiger partial charge >= 0.3 is 6.03 Å². The van der Waals surface area contributed by atoms with E-state index in [2.05, 4.69) is 22.0 Å². The molecule has 1 aromatic carbocycles. The third kappa shape index (κ3) is 3.78. The second kappa shape index (κ2) is 6.81. The lowest BCUT2D eigenvalue weighted by atomic mass is 9.96. The summed E-state index contributed by atoms with van der Waals surface area (Å²) in [4.78, 5) is 23.3. The Morgan fingerprint density at radius 2 is 2.00 bits per heavy atom. The lowest BCUT2D eigenvalue weighted by Crippen LogP contribution is -2.42. The van der Waals surface area contributed by atoms with Gasteiger partial charge in [-0.25, -0.2) is 4.79 Å². The van der Waals surface area contributed by atoms with Gasteiger partial charge in [0.25, 0.3) is 0 Å². The van der Waals surface area contributed by atoms with Gasteiger partial charge in [-0.1, -0.05) is 31.4 Å². The fourth-order valence-corrected chi connectivity index (χ4v) is 3.21. The molecule has 1 aliphatic carbocycles. The summed E-state index contributed by atoms with van der Waals surface area (Å²) in [7, 11) is 0. The number of carbonyl (C=O) groups excluding carboxylic acids is 2. The zero-order valence-electron chi connectivity index (χ0n) is 12.8. The second-order valence-corrected chi connectivity index (χ2v) is 6.20. The summed E-state index contributed by atoms with van der Waals surface area (Å²) in [6.45, 7) is 0.514. The van der Waals surface area contributed by atoms with Crippen LogP contribution in [0.2, 0.25) is 0 Å². The number of hydrogen-bond acceptors (Lipinski definition) is 2. The molecule has 0 aromatic heterocycles. The topological polar surface area (TPSA) is 70.2 Å². The fourth-order valence-electron chi connectivity index (χ4n) is 3.21. The molecular formula is C17H23N3O2. The molecule has 3 N–H and O–H groups in total. The number of benzene rings is 1. The van der Waals surface area contributed by atoms with Crippen molar-refractivity contribution in [3.8, 4) is 0 Å². The molecule has 0 saturated heterocycles. The van der Waals surface area contributed by atoms with Crippen LogP contribution in [0, 0.1) is 0 Å². The molecule has 1 aliphatic heterocycles. The first-order chi connectivity index (χ1) is 10.7. The number of aryl methyl sites for hydroxylation is 1. The molecule has 1 aromatic rings. The number of urea groups is 1. The van der Waals surface area contributed by atoms with E-state index in [-0.39, 0.29) is 11.9 Å². The van der Waals surface area contributed by atoms with E-state index >= 15 is 0 Å². The highest BCUT2D eigenvalue weighted by molar-refractivity contribution is 5.93. The predicted molar refractivity (Wildman–Crippen MR) is 85.6 cm³/mol. The van der Waals surface area contributed by atoms with Crippen LogP contribution in [0.1, 0.15) is 49.7 Å². The van der Waals surface area contributed by atoms with Crippen molar-refractivity contribution in [2.45, 2.75) is 57.5 Å². The molecule has 2 aliphatic rings. The van der Waals surface area contributed by atoms with E-state index in [1.807, 2.05) is 12.1 Å². The SMILES string of the molecule is O=C1CCc2cc(CNC(=O)NC3CCCCC3)ccc2N1. The highest BCUT2D eigenvalue weighted by Crippen LogP contribution is 2.23. The number of amides is 3. The highest BCUT2D eigenvalue weighted by Gasteiger charge is 2.16. The van der Waals surface area contributed by atoms with Crippen molar-refractivity contribution in [3.05, 3.63) is 29.3 Å². The zero-order chi connectivity index (χ0) is 15.4. The van der Waals surface area contributed by atoms with Gasteiger partial charge in [0.1, 0.15) is 0 Å². The Kier molecular flexibility index (Phi) is 4.61. The van der Waals surface area contributed by atoms with Crippen molar-refractivity contribution in [3.63, 3.8) is 0 Å². The maximum atomic E-state index is 11.9. The van der Waals surface area contributed by atoms with Gasteiger partial charge in [0.15, 0.2) is 0 Å². The predicted octanol–water partition coefficient (Wildman–Crippen LogP) is 2.70. The smallest absolute Gasteiger partial charge is 0.315 e. The summed E-state index contributed by atoms with van der Waals surface area (Å²) in [5, 5.41) is 8.84. The van der Waals surface area contributed by atoms with Crippen molar-refractivity contribution in [1.82, 2.24) is 10.6 Å². The van der Waals surface area contributed by atoms with Crippen molar-refractivity contribution >= 4 is 17.6 Å². The van der Waals surface area contributed by atoms with Crippen LogP contribution in [0.25, 0.3) is 0 Å². The van der Waals surface area contributed by atoms with Crippen molar-refractivity contribution in [1.29, 1.82) is 0 Å². The molecule has 0 bridgehead atoms.